The normalized spacial score (nSPS) is 18.7. The van der Waals surface area contributed by atoms with Crippen LogP contribution in [0, 0.1) is 39.0 Å². The molecular weight excluding hydrogens is 877 g/mol. The average molecular weight is 949 g/mol. The molecule has 0 radical (unpaired) electrons. The second-order valence-electron chi connectivity index (χ2n) is 22.9. The highest BCUT2D eigenvalue weighted by molar-refractivity contribution is 5.98. The van der Waals surface area contributed by atoms with Gasteiger partial charge in [0.25, 0.3) is 0 Å². The SMILES string of the molecule is C=Cc1ccc2c3c(cc/c(=C(/C)N(/C(=C/C)C4=C(C)Cc5cccc(C(C)(C)C)c5O4)c4cc(C)ccc4C)c13)=C[C@H](C)C2N(c1cc(C)ccc1C)c1cccc2c1OC1C=C2C=CC=C1C(C)(C)C. The second-order valence-corrected chi connectivity index (χ2v) is 22.9. The van der Waals surface area contributed by atoms with Gasteiger partial charge in [0.15, 0.2) is 5.75 Å². The summed E-state index contributed by atoms with van der Waals surface area (Å²) in [5.41, 5.74) is 19.8. The molecule has 2 aliphatic carbocycles. The second kappa shape index (κ2) is 18.2. The van der Waals surface area contributed by atoms with Crippen LogP contribution in [0.1, 0.15) is 125 Å². The fourth-order valence-corrected chi connectivity index (χ4v) is 11.9. The van der Waals surface area contributed by atoms with Gasteiger partial charge in [-0.15, -0.1) is 0 Å². The molecule has 2 bridgehead atoms. The van der Waals surface area contributed by atoms with Crippen LogP contribution in [0.25, 0.3) is 34.2 Å². The lowest BCUT2D eigenvalue weighted by Crippen LogP contribution is -2.35. The topological polar surface area (TPSA) is 24.9 Å². The lowest BCUT2D eigenvalue weighted by atomic mass is 9.80. The molecule has 0 saturated heterocycles. The van der Waals surface area contributed by atoms with Gasteiger partial charge < -0.3 is 19.3 Å². The Morgan fingerprint density at radius 3 is 2.14 bits per heavy atom. The number of benzene rings is 6. The Bertz CT molecular complexity index is 3540. The van der Waals surface area contributed by atoms with Crippen molar-refractivity contribution in [1.82, 2.24) is 0 Å². The molecule has 4 aliphatic rings. The Kier molecular flexibility index (Phi) is 12.3. The van der Waals surface area contributed by atoms with Gasteiger partial charge in [0.2, 0.25) is 0 Å². The minimum absolute atomic E-state index is 0.0795. The maximum atomic E-state index is 7.32. The summed E-state index contributed by atoms with van der Waals surface area (Å²) in [4.78, 5) is 5.08. The molecule has 2 unspecified atom stereocenters. The van der Waals surface area contributed by atoms with Crippen LogP contribution in [0.2, 0.25) is 0 Å². The summed E-state index contributed by atoms with van der Waals surface area (Å²) in [6, 6.07) is 36.3. The Morgan fingerprint density at radius 2 is 1.44 bits per heavy atom. The van der Waals surface area contributed by atoms with Crippen molar-refractivity contribution in [1.29, 1.82) is 0 Å². The lowest BCUT2D eigenvalue weighted by molar-refractivity contribution is 0.249. The molecule has 0 saturated carbocycles. The van der Waals surface area contributed by atoms with Gasteiger partial charge in [0.05, 0.1) is 17.4 Å². The van der Waals surface area contributed by atoms with E-state index in [1.165, 1.54) is 77.3 Å². The zero-order valence-electron chi connectivity index (χ0n) is 45.1. The van der Waals surface area contributed by atoms with E-state index < -0.39 is 0 Å². The molecule has 4 nitrogen and oxygen atoms in total. The molecule has 3 atom stereocenters. The highest BCUT2D eigenvalue weighted by atomic mass is 16.5. The lowest BCUT2D eigenvalue weighted by Gasteiger charge is -2.42. The summed E-state index contributed by atoms with van der Waals surface area (Å²) in [6.45, 7) is 36.1. The third kappa shape index (κ3) is 8.27. The molecule has 72 heavy (non-hydrogen) atoms. The zero-order chi connectivity index (χ0) is 51.1. The number of hydrogen-bond acceptors (Lipinski definition) is 4. The predicted molar refractivity (Wildman–Crippen MR) is 307 cm³/mol. The number of hydrogen-bond donors (Lipinski definition) is 0. The Labute approximate surface area is 429 Å². The smallest absolute Gasteiger partial charge is 0.152 e. The average Bonchev–Trinajstić information content (AvgIpc) is 3.52. The van der Waals surface area contributed by atoms with Crippen LogP contribution in [-0.2, 0) is 11.8 Å². The van der Waals surface area contributed by atoms with Crippen LogP contribution < -0.4 is 29.7 Å². The maximum Gasteiger partial charge on any atom is 0.152 e. The maximum absolute atomic E-state index is 7.32. The van der Waals surface area contributed by atoms with E-state index in [2.05, 4.69) is 247 Å². The number of fused-ring (bicyclic) bond motifs is 4. The van der Waals surface area contributed by atoms with Gasteiger partial charge in [-0.3, -0.25) is 0 Å². The van der Waals surface area contributed by atoms with Crippen molar-refractivity contribution < 1.29 is 9.47 Å². The van der Waals surface area contributed by atoms with Gasteiger partial charge in [-0.25, -0.2) is 0 Å². The quantitative estimate of drug-likeness (QED) is 0.152. The highest BCUT2D eigenvalue weighted by Gasteiger charge is 2.38. The van der Waals surface area contributed by atoms with Crippen molar-refractivity contribution in [2.24, 2.45) is 11.3 Å². The van der Waals surface area contributed by atoms with E-state index in [4.69, 9.17) is 9.47 Å². The molecule has 2 aliphatic heterocycles. The van der Waals surface area contributed by atoms with Gasteiger partial charge in [-0.2, -0.15) is 0 Å². The molecule has 6 aromatic rings. The van der Waals surface area contributed by atoms with Crippen molar-refractivity contribution in [2.45, 2.75) is 121 Å². The standard InChI is InChI=1S/C68H72N2O2/c1-16-47-31-34-53-62-49(37-44(7)63(53)70(59-36-41(4)28-30-43(59)6)57-26-20-23-52-48-21-18-24-54(67(10,11)12)60(39-48)71-66(52)57)32-33-51(61(47)62)46(9)69(58-35-40(3)27-29-42(58)5)56(17-2)64-45(8)38-50-22-19-25-55(65(50)72-64)68(13,14)15/h16-37,39,44,60,63H,1,38H2,2-15H3/b51-46+,56-17+/t44-,60?,63?/m0/s1. The van der Waals surface area contributed by atoms with Gasteiger partial charge >= 0.3 is 0 Å². The van der Waals surface area contributed by atoms with Crippen LogP contribution in [0.15, 0.2) is 157 Å². The van der Waals surface area contributed by atoms with E-state index in [0.29, 0.717) is 0 Å². The van der Waals surface area contributed by atoms with Crippen LogP contribution in [0.3, 0.4) is 0 Å². The molecule has 0 fully saturated rings. The molecule has 6 aromatic carbocycles. The number of ether oxygens (including phenoxy) is 2. The molecule has 366 valence electrons. The minimum Gasteiger partial charge on any atom is -0.479 e. The third-order valence-electron chi connectivity index (χ3n) is 15.5. The minimum atomic E-state index is -0.185. The van der Waals surface area contributed by atoms with Crippen LogP contribution in [0.5, 0.6) is 11.5 Å². The number of aryl methyl sites for hydroxylation is 4. The molecule has 10 rings (SSSR count). The van der Waals surface area contributed by atoms with E-state index in [0.717, 1.165) is 62.8 Å². The van der Waals surface area contributed by atoms with Crippen LogP contribution >= 0.6 is 0 Å². The van der Waals surface area contributed by atoms with E-state index in [1.807, 2.05) is 6.08 Å². The molecule has 4 heteroatoms. The van der Waals surface area contributed by atoms with Crippen molar-refractivity contribution in [3.05, 3.63) is 217 Å². The molecule has 0 aromatic heterocycles. The first-order valence-electron chi connectivity index (χ1n) is 26.0. The van der Waals surface area contributed by atoms with Gasteiger partial charge in [0, 0.05) is 39.8 Å². The van der Waals surface area contributed by atoms with Gasteiger partial charge in [-0.05, 0) is 161 Å². The van der Waals surface area contributed by atoms with Gasteiger partial charge in [-0.1, -0.05) is 170 Å². The van der Waals surface area contributed by atoms with Crippen LogP contribution in [0.4, 0.5) is 17.1 Å². The van der Waals surface area contributed by atoms with E-state index in [-0.39, 0.29) is 28.9 Å². The summed E-state index contributed by atoms with van der Waals surface area (Å²) >= 11 is 0. The summed E-state index contributed by atoms with van der Waals surface area (Å²) in [7, 11) is 0. The monoisotopic (exact) mass is 949 g/mol. The predicted octanol–water partition coefficient (Wildman–Crippen LogP) is 16.5. The van der Waals surface area contributed by atoms with Gasteiger partial charge in [0.1, 0.15) is 17.6 Å². The Hall–Kier alpha value is -7.04. The fraction of sp³-hybridized carbons (Fsp3) is 0.294. The third-order valence-corrected chi connectivity index (χ3v) is 15.5. The Morgan fingerprint density at radius 1 is 0.736 bits per heavy atom. The number of para-hydroxylation sites is 2. The summed E-state index contributed by atoms with van der Waals surface area (Å²) in [5.74, 6) is 2.93. The molecule has 0 N–H and O–H groups in total. The van der Waals surface area contributed by atoms with Crippen molar-refractivity contribution in [3.8, 4) is 11.5 Å². The van der Waals surface area contributed by atoms with Crippen molar-refractivity contribution >= 4 is 51.3 Å². The summed E-state index contributed by atoms with van der Waals surface area (Å²) in [6.07, 6.45) is 16.4. The fourth-order valence-electron chi connectivity index (χ4n) is 11.9. The largest absolute Gasteiger partial charge is 0.479 e. The molecule has 0 amide bonds. The Balaban J connectivity index is 1.22. The number of anilines is 3. The zero-order valence-corrected chi connectivity index (χ0v) is 45.1. The van der Waals surface area contributed by atoms with E-state index in [9.17, 15) is 0 Å². The first kappa shape index (κ1) is 48.6. The van der Waals surface area contributed by atoms with E-state index >= 15 is 0 Å². The first-order valence-corrected chi connectivity index (χ1v) is 26.0. The van der Waals surface area contributed by atoms with Crippen molar-refractivity contribution in [2.75, 3.05) is 9.80 Å². The highest BCUT2D eigenvalue weighted by Crippen LogP contribution is 2.52. The summed E-state index contributed by atoms with van der Waals surface area (Å²) < 4.78 is 14.6. The number of rotatable bonds is 8. The summed E-state index contributed by atoms with van der Waals surface area (Å²) in [5, 5.41) is 4.84. The van der Waals surface area contributed by atoms with Crippen molar-refractivity contribution in [3.63, 3.8) is 0 Å². The number of allylic oxidation sites excluding steroid dienone is 6. The van der Waals surface area contributed by atoms with Crippen LogP contribution in [-0.4, -0.2) is 6.10 Å². The molecule has 0 spiro atoms. The molecular formula is C68H72N2O2. The number of nitrogens with zero attached hydrogens (tertiary/aromatic N) is 2. The van der Waals surface area contributed by atoms with E-state index in [1.54, 1.807) is 0 Å². The molecule has 2 heterocycles. The first-order chi connectivity index (χ1) is 34.3.